The van der Waals surface area contributed by atoms with Gasteiger partial charge in [0, 0.05) is 30.6 Å². The lowest BCUT2D eigenvalue weighted by atomic mass is 10.2. The summed E-state index contributed by atoms with van der Waals surface area (Å²) in [6.07, 6.45) is 1.25. The van der Waals surface area contributed by atoms with Crippen molar-refractivity contribution in [2.45, 2.75) is 18.5 Å². The second-order valence-corrected chi connectivity index (χ2v) is 7.83. The highest BCUT2D eigenvalue weighted by Gasteiger charge is 2.43. The number of halogens is 1. The Morgan fingerprint density at radius 2 is 2.25 bits per heavy atom. The van der Waals surface area contributed by atoms with E-state index < -0.39 is 0 Å². The minimum atomic E-state index is 0.596. The summed E-state index contributed by atoms with van der Waals surface area (Å²) in [5.74, 6) is 0. The van der Waals surface area contributed by atoms with Gasteiger partial charge in [-0.1, -0.05) is 22.9 Å². The molecule has 2 N–H and O–H groups in total. The number of anilines is 2. The lowest BCUT2D eigenvalue weighted by Gasteiger charge is -2.32. The van der Waals surface area contributed by atoms with Crippen molar-refractivity contribution in [1.29, 1.82) is 0 Å². The van der Waals surface area contributed by atoms with Crippen molar-refractivity contribution in [2.24, 2.45) is 0 Å². The zero-order chi connectivity index (χ0) is 13.9. The molecule has 2 saturated heterocycles. The topological polar surface area (TPSA) is 45.4 Å². The fourth-order valence-corrected chi connectivity index (χ4v) is 5.29. The highest BCUT2D eigenvalue weighted by Crippen LogP contribution is 2.45. The molecule has 106 valence electrons. The molecule has 0 aromatic carbocycles. The molecule has 0 aliphatic carbocycles. The molecule has 7 heteroatoms. The van der Waals surface area contributed by atoms with Crippen LogP contribution in [0.15, 0.2) is 11.4 Å². The standard InChI is InChI=1S/C13H15ClN4S2/c1-17-4-9-3-8(17)5-18(9)12-11(16-13(15)20-12)10-2-7(14)6-19-10/h2,6,8-9H,3-5H2,1H3,(H2,15,16). The summed E-state index contributed by atoms with van der Waals surface area (Å²) in [6.45, 7) is 2.21. The third-order valence-electron chi connectivity index (χ3n) is 4.20. The van der Waals surface area contributed by atoms with Gasteiger partial charge in [0.25, 0.3) is 0 Å². The molecule has 2 fully saturated rings. The number of thiophene rings is 1. The summed E-state index contributed by atoms with van der Waals surface area (Å²) in [5, 5.41) is 4.56. The van der Waals surface area contributed by atoms with Crippen molar-refractivity contribution < 1.29 is 0 Å². The Kier molecular flexibility index (Phi) is 2.96. The number of likely N-dealkylation sites (N-methyl/N-ethyl adjacent to an activating group) is 1. The Bertz CT molecular complexity index is 651. The molecule has 2 unspecified atom stereocenters. The number of fused-ring (bicyclic) bond motifs is 2. The summed E-state index contributed by atoms with van der Waals surface area (Å²) in [4.78, 5) is 10.6. The van der Waals surface area contributed by atoms with Crippen LogP contribution in [0.25, 0.3) is 10.6 Å². The Labute approximate surface area is 130 Å². The van der Waals surface area contributed by atoms with E-state index in [9.17, 15) is 0 Å². The molecule has 2 atom stereocenters. The van der Waals surface area contributed by atoms with Gasteiger partial charge in [0.2, 0.25) is 0 Å². The monoisotopic (exact) mass is 326 g/mol. The van der Waals surface area contributed by atoms with E-state index >= 15 is 0 Å². The molecule has 2 aromatic heterocycles. The smallest absolute Gasteiger partial charge is 0.182 e. The fraction of sp³-hybridized carbons (Fsp3) is 0.462. The maximum absolute atomic E-state index is 6.05. The average molecular weight is 327 g/mol. The lowest BCUT2D eigenvalue weighted by Crippen LogP contribution is -2.44. The predicted octanol–water partition coefficient (Wildman–Crippen LogP) is 3.00. The van der Waals surface area contributed by atoms with E-state index in [4.69, 9.17) is 17.3 Å². The molecule has 2 bridgehead atoms. The van der Waals surface area contributed by atoms with Gasteiger partial charge < -0.3 is 10.6 Å². The van der Waals surface area contributed by atoms with E-state index in [2.05, 4.69) is 21.8 Å². The van der Waals surface area contributed by atoms with Crippen molar-refractivity contribution in [2.75, 3.05) is 30.8 Å². The van der Waals surface area contributed by atoms with E-state index in [-0.39, 0.29) is 0 Å². The van der Waals surface area contributed by atoms with Gasteiger partial charge in [-0.15, -0.1) is 11.3 Å². The molecule has 0 spiro atoms. The molecular weight excluding hydrogens is 312 g/mol. The van der Waals surface area contributed by atoms with Crippen LogP contribution in [-0.2, 0) is 0 Å². The molecule has 4 nitrogen and oxygen atoms in total. The van der Waals surface area contributed by atoms with Gasteiger partial charge in [0.1, 0.15) is 10.7 Å². The number of piperazine rings is 1. The molecule has 0 amide bonds. The van der Waals surface area contributed by atoms with E-state index in [1.54, 1.807) is 22.7 Å². The summed E-state index contributed by atoms with van der Waals surface area (Å²) >= 11 is 9.27. The Morgan fingerprint density at radius 1 is 1.40 bits per heavy atom. The number of nitrogens with two attached hydrogens (primary N) is 1. The summed E-state index contributed by atoms with van der Waals surface area (Å²) < 4.78 is 0. The highest BCUT2D eigenvalue weighted by molar-refractivity contribution is 7.20. The van der Waals surface area contributed by atoms with E-state index in [1.165, 1.54) is 11.4 Å². The zero-order valence-electron chi connectivity index (χ0n) is 11.0. The van der Waals surface area contributed by atoms with Crippen LogP contribution in [0.2, 0.25) is 5.02 Å². The second-order valence-electron chi connectivity index (χ2n) is 5.47. The van der Waals surface area contributed by atoms with Gasteiger partial charge in [0.15, 0.2) is 5.13 Å². The van der Waals surface area contributed by atoms with E-state index in [0.29, 0.717) is 17.2 Å². The van der Waals surface area contributed by atoms with Crippen molar-refractivity contribution >= 4 is 44.4 Å². The van der Waals surface area contributed by atoms with Gasteiger partial charge in [0.05, 0.1) is 9.90 Å². The van der Waals surface area contributed by atoms with Crippen LogP contribution >= 0.6 is 34.3 Å². The molecule has 4 rings (SSSR count). The predicted molar refractivity (Wildman–Crippen MR) is 87.0 cm³/mol. The maximum atomic E-state index is 6.05. The number of aromatic nitrogens is 1. The van der Waals surface area contributed by atoms with Crippen LogP contribution < -0.4 is 10.6 Å². The van der Waals surface area contributed by atoms with E-state index in [1.807, 2.05) is 11.4 Å². The van der Waals surface area contributed by atoms with Crippen molar-refractivity contribution in [1.82, 2.24) is 9.88 Å². The Morgan fingerprint density at radius 3 is 2.85 bits per heavy atom. The number of rotatable bonds is 2. The number of thiazole rings is 1. The molecule has 2 aromatic rings. The lowest BCUT2D eigenvalue weighted by molar-refractivity contribution is 0.293. The number of nitrogen functional groups attached to an aromatic ring is 1. The van der Waals surface area contributed by atoms with Gasteiger partial charge in [-0.2, -0.15) is 0 Å². The second kappa shape index (κ2) is 4.59. The van der Waals surface area contributed by atoms with E-state index in [0.717, 1.165) is 28.7 Å². The molecule has 20 heavy (non-hydrogen) atoms. The minimum absolute atomic E-state index is 0.596. The third kappa shape index (κ3) is 1.94. The number of hydrogen-bond acceptors (Lipinski definition) is 6. The van der Waals surface area contributed by atoms with Crippen LogP contribution in [0.1, 0.15) is 6.42 Å². The maximum Gasteiger partial charge on any atom is 0.182 e. The van der Waals surface area contributed by atoms with Crippen molar-refractivity contribution in [3.63, 3.8) is 0 Å². The zero-order valence-corrected chi connectivity index (χ0v) is 13.4. The van der Waals surface area contributed by atoms with Crippen LogP contribution in [0, 0.1) is 0 Å². The fourth-order valence-electron chi connectivity index (χ4n) is 3.24. The van der Waals surface area contributed by atoms with Crippen LogP contribution in [0.5, 0.6) is 0 Å². The molecular formula is C13H15ClN4S2. The SMILES string of the molecule is CN1CC2CC1CN2c1sc(N)nc1-c1cc(Cl)cs1. The van der Waals surface area contributed by atoms with Crippen molar-refractivity contribution in [3.05, 3.63) is 16.5 Å². The quantitative estimate of drug-likeness (QED) is 0.921. The number of likely N-dealkylation sites (tertiary alicyclic amines) is 1. The molecule has 4 heterocycles. The van der Waals surface area contributed by atoms with Crippen LogP contribution in [-0.4, -0.2) is 42.1 Å². The molecule has 2 aliphatic rings. The Hall–Kier alpha value is -0.820. The van der Waals surface area contributed by atoms with Gasteiger partial charge in [-0.05, 0) is 19.5 Å². The van der Waals surface area contributed by atoms with Crippen molar-refractivity contribution in [3.8, 4) is 10.6 Å². The third-order valence-corrected chi connectivity index (χ3v) is 6.41. The molecule has 0 saturated carbocycles. The van der Waals surface area contributed by atoms with Gasteiger partial charge in [-0.3, -0.25) is 4.90 Å². The summed E-state index contributed by atoms with van der Waals surface area (Å²) in [5.41, 5.74) is 6.96. The normalized spacial score (nSPS) is 25.8. The first kappa shape index (κ1) is 12.9. The van der Waals surface area contributed by atoms with Gasteiger partial charge in [-0.25, -0.2) is 4.98 Å². The van der Waals surface area contributed by atoms with Crippen LogP contribution in [0.3, 0.4) is 0 Å². The summed E-state index contributed by atoms with van der Waals surface area (Å²) in [6, 6.07) is 3.24. The molecule has 2 aliphatic heterocycles. The summed E-state index contributed by atoms with van der Waals surface area (Å²) in [7, 11) is 2.21. The average Bonchev–Trinajstić information content (AvgIpc) is 3.11. The number of nitrogens with zero attached hydrogens (tertiary/aromatic N) is 3. The van der Waals surface area contributed by atoms with Gasteiger partial charge >= 0.3 is 0 Å². The first-order valence-corrected chi connectivity index (χ1v) is 8.67. The Balaban J connectivity index is 1.73. The first-order valence-electron chi connectivity index (χ1n) is 6.59. The first-order chi connectivity index (χ1) is 9.61. The highest BCUT2D eigenvalue weighted by atomic mass is 35.5. The minimum Gasteiger partial charge on any atom is -0.375 e. The largest absolute Gasteiger partial charge is 0.375 e. The number of hydrogen-bond donors (Lipinski definition) is 1. The van der Waals surface area contributed by atoms with Crippen LogP contribution in [0.4, 0.5) is 10.1 Å². The molecule has 0 radical (unpaired) electrons.